The Morgan fingerprint density at radius 1 is 1.29 bits per heavy atom. The van der Waals surface area contributed by atoms with E-state index < -0.39 is 5.82 Å². The number of nitrogens with zero attached hydrogens (tertiary/aromatic N) is 2. The van der Waals surface area contributed by atoms with E-state index in [1.54, 1.807) is 4.57 Å². The van der Waals surface area contributed by atoms with Gasteiger partial charge < -0.3 is 10.5 Å². The Morgan fingerprint density at radius 3 is 2.67 bits per heavy atom. The smallest absolute Gasteiger partial charge is 0.205 e. The predicted octanol–water partition coefficient (Wildman–Crippen LogP) is 3.80. The van der Waals surface area contributed by atoms with Crippen molar-refractivity contribution in [2.75, 3.05) is 12.3 Å². The Hall–Kier alpha value is -2.27. The number of rotatable bonds is 3. The molecule has 0 aliphatic rings. The Kier molecular flexibility index (Phi) is 3.43. The number of anilines is 1. The zero-order chi connectivity index (χ0) is 15.0. The summed E-state index contributed by atoms with van der Waals surface area (Å²) in [6.45, 7) is 2.51. The number of hydrogen-bond acceptors (Lipinski definition) is 3. The van der Waals surface area contributed by atoms with Crippen LogP contribution in [0.4, 0.5) is 10.3 Å². The van der Waals surface area contributed by atoms with Crippen LogP contribution in [0.5, 0.6) is 5.75 Å². The summed E-state index contributed by atoms with van der Waals surface area (Å²) in [6.07, 6.45) is 0. The van der Waals surface area contributed by atoms with Gasteiger partial charge in [-0.25, -0.2) is 9.37 Å². The van der Waals surface area contributed by atoms with Gasteiger partial charge in [0, 0.05) is 11.8 Å². The summed E-state index contributed by atoms with van der Waals surface area (Å²) >= 11 is 5.77. The summed E-state index contributed by atoms with van der Waals surface area (Å²) in [5.74, 6) is 0.533. The van der Waals surface area contributed by atoms with E-state index in [1.807, 2.05) is 31.2 Å². The van der Waals surface area contributed by atoms with Gasteiger partial charge in [0.1, 0.15) is 11.6 Å². The third kappa shape index (κ3) is 2.40. The maximum absolute atomic E-state index is 13.7. The quantitative estimate of drug-likeness (QED) is 0.801. The number of benzene rings is 2. The van der Waals surface area contributed by atoms with Crippen molar-refractivity contribution in [1.29, 1.82) is 0 Å². The zero-order valence-electron chi connectivity index (χ0n) is 11.3. The summed E-state index contributed by atoms with van der Waals surface area (Å²) in [4.78, 5) is 4.21. The summed E-state index contributed by atoms with van der Waals surface area (Å²) in [5.41, 5.74) is 7.83. The molecule has 2 N–H and O–H groups in total. The number of imidazole rings is 1. The van der Waals surface area contributed by atoms with E-state index in [9.17, 15) is 4.39 Å². The Morgan fingerprint density at radius 2 is 2.00 bits per heavy atom. The highest BCUT2D eigenvalue weighted by molar-refractivity contribution is 6.31. The number of nitrogens with two attached hydrogens (primary N) is 1. The van der Waals surface area contributed by atoms with Crippen LogP contribution in [0, 0.1) is 5.82 Å². The van der Waals surface area contributed by atoms with E-state index in [1.165, 1.54) is 12.1 Å². The SMILES string of the molecule is CCOc1ccc(-n2c(N)nc3cc(Cl)c(F)cc32)cc1. The highest BCUT2D eigenvalue weighted by Crippen LogP contribution is 2.28. The molecule has 1 aromatic heterocycles. The van der Waals surface area contributed by atoms with Gasteiger partial charge in [0.2, 0.25) is 5.95 Å². The van der Waals surface area contributed by atoms with E-state index in [0.29, 0.717) is 17.6 Å². The molecule has 0 radical (unpaired) electrons. The second-order valence-electron chi connectivity index (χ2n) is 4.49. The molecule has 6 heteroatoms. The van der Waals surface area contributed by atoms with Gasteiger partial charge in [0.05, 0.1) is 22.7 Å². The van der Waals surface area contributed by atoms with Crippen molar-refractivity contribution in [2.45, 2.75) is 6.92 Å². The minimum atomic E-state index is -0.503. The standard InChI is InChI=1S/C15H13ClFN3O/c1-2-21-10-5-3-9(4-6-10)20-14-8-12(17)11(16)7-13(14)19-15(20)18/h3-8H,2H2,1H3,(H2,18,19). The van der Waals surface area contributed by atoms with E-state index in [-0.39, 0.29) is 11.0 Å². The molecular formula is C15H13ClFN3O. The summed E-state index contributed by atoms with van der Waals surface area (Å²) in [7, 11) is 0. The van der Waals surface area contributed by atoms with Crippen molar-refractivity contribution in [3.8, 4) is 11.4 Å². The molecule has 0 bridgehead atoms. The van der Waals surface area contributed by atoms with Crippen LogP contribution in [0.25, 0.3) is 16.7 Å². The Bertz CT molecular complexity index is 799. The molecule has 4 nitrogen and oxygen atoms in total. The van der Waals surface area contributed by atoms with E-state index in [0.717, 1.165) is 11.4 Å². The fourth-order valence-electron chi connectivity index (χ4n) is 2.22. The van der Waals surface area contributed by atoms with Crippen molar-refractivity contribution in [1.82, 2.24) is 9.55 Å². The summed E-state index contributed by atoms with van der Waals surface area (Å²) in [6, 6.07) is 10.1. The minimum Gasteiger partial charge on any atom is -0.494 e. The average molecular weight is 306 g/mol. The van der Waals surface area contributed by atoms with Crippen molar-refractivity contribution >= 4 is 28.6 Å². The van der Waals surface area contributed by atoms with Crippen molar-refractivity contribution in [2.24, 2.45) is 0 Å². The number of hydrogen-bond donors (Lipinski definition) is 1. The lowest BCUT2D eigenvalue weighted by Crippen LogP contribution is -2.01. The van der Waals surface area contributed by atoms with Crippen LogP contribution >= 0.6 is 11.6 Å². The van der Waals surface area contributed by atoms with E-state index in [4.69, 9.17) is 22.1 Å². The van der Waals surface area contributed by atoms with Crippen LogP contribution < -0.4 is 10.5 Å². The van der Waals surface area contributed by atoms with Gasteiger partial charge in [-0.2, -0.15) is 0 Å². The first-order valence-corrected chi connectivity index (χ1v) is 6.84. The highest BCUT2D eigenvalue weighted by Gasteiger charge is 2.13. The minimum absolute atomic E-state index is 0.0267. The normalized spacial score (nSPS) is 11.0. The van der Waals surface area contributed by atoms with Gasteiger partial charge in [-0.1, -0.05) is 11.6 Å². The van der Waals surface area contributed by atoms with Crippen LogP contribution in [-0.4, -0.2) is 16.2 Å². The van der Waals surface area contributed by atoms with Gasteiger partial charge in [-0.05, 0) is 37.3 Å². The number of nitrogen functional groups attached to an aromatic ring is 1. The molecular weight excluding hydrogens is 293 g/mol. The molecule has 0 amide bonds. The maximum Gasteiger partial charge on any atom is 0.205 e. The van der Waals surface area contributed by atoms with E-state index in [2.05, 4.69) is 4.98 Å². The van der Waals surface area contributed by atoms with Gasteiger partial charge in [-0.3, -0.25) is 4.57 Å². The predicted molar refractivity (Wildman–Crippen MR) is 81.6 cm³/mol. The van der Waals surface area contributed by atoms with Crippen molar-refractivity contribution in [3.63, 3.8) is 0 Å². The number of fused-ring (bicyclic) bond motifs is 1. The van der Waals surface area contributed by atoms with Crippen molar-refractivity contribution < 1.29 is 9.13 Å². The number of aromatic nitrogens is 2. The lowest BCUT2D eigenvalue weighted by Gasteiger charge is -2.08. The zero-order valence-corrected chi connectivity index (χ0v) is 12.1. The Labute approximate surface area is 125 Å². The lowest BCUT2D eigenvalue weighted by molar-refractivity contribution is 0.340. The molecule has 0 atom stereocenters. The first-order valence-electron chi connectivity index (χ1n) is 6.46. The highest BCUT2D eigenvalue weighted by atomic mass is 35.5. The molecule has 0 fully saturated rings. The van der Waals surface area contributed by atoms with Gasteiger partial charge in [0.25, 0.3) is 0 Å². The fourth-order valence-corrected chi connectivity index (χ4v) is 2.38. The van der Waals surface area contributed by atoms with Crippen LogP contribution in [0.1, 0.15) is 6.92 Å². The van der Waals surface area contributed by atoms with Crippen LogP contribution in [0.3, 0.4) is 0 Å². The molecule has 3 rings (SSSR count). The second-order valence-corrected chi connectivity index (χ2v) is 4.89. The summed E-state index contributed by atoms with van der Waals surface area (Å²) < 4.78 is 20.8. The molecule has 0 saturated carbocycles. The number of ether oxygens (including phenoxy) is 1. The molecule has 3 aromatic rings. The molecule has 21 heavy (non-hydrogen) atoms. The molecule has 2 aromatic carbocycles. The largest absolute Gasteiger partial charge is 0.494 e. The first kappa shape index (κ1) is 13.7. The molecule has 0 unspecified atom stereocenters. The van der Waals surface area contributed by atoms with Gasteiger partial charge >= 0.3 is 0 Å². The lowest BCUT2D eigenvalue weighted by atomic mass is 10.2. The van der Waals surface area contributed by atoms with Crippen LogP contribution in [-0.2, 0) is 0 Å². The van der Waals surface area contributed by atoms with Crippen molar-refractivity contribution in [3.05, 3.63) is 47.2 Å². The Balaban J connectivity index is 2.15. The fraction of sp³-hybridized carbons (Fsp3) is 0.133. The molecule has 0 spiro atoms. The first-order chi connectivity index (χ1) is 10.1. The number of halogens is 2. The third-order valence-corrected chi connectivity index (χ3v) is 3.42. The van der Waals surface area contributed by atoms with Gasteiger partial charge in [0.15, 0.2) is 0 Å². The molecule has 0 aliphatic carbocycles. The molecule has 108 valence electrons. The topological polar surface area (TPSA) is 53.1 Å². The van der Waals surface area contributed by atoms with Gasteiger partial charge in [-0.15, -0.1) is 0 Å². The second kappa shape index (κ2) is 5.26. The van der Waals surface area contributed by atoms with Crippen LogP contribution in [0.15, 0.2) is 36.4 Å². The van der Waals surface area contributed by atoms with E-state index >= 15 is 0 Å². The maximum atomic E-state index is 13.7. The molecule has 0 saturated heterocycles. The molecule has 0 aliphatic heterocycles. The third-order valence-electron chi connectivity index (χ3n) is 3.13. The monoisotopic (exact) mass is 305 g/mol. The summed E-state index contributed by atoms with van der Waals surface area (Å²) in [5, 5.41) is 0.0267. The van der Waals surface area contributed by atoms with Crippen LogP contribution in [0.2, 0.25) is 5.02 Å². The molecule has 1 heterocycles. The average Bonchev–Trinajstić information content (AvgIpc) is 2.76.